The number of carbonyl (C=O) groups is 4. The Morgan fingerprint density at radius 2 is 1.69 bits per heavy atom. The lowest BCUT2D eigenvalue weighted by molar-refractivity contribution is -0.119. The fourth-order valence-electron chi connectivity index (χ4n) is 4.27. The number of amides is 2. The Balaban J connectivity index is 1.48. The molecule has 0 atom stereocenters. The van der Waals surface area contributed by atoms with Gasteiger partial charge in [0.25, 0.3) is 11.8 Å². The van der Waals surface area contributed by atoms with Gasteiger partial charge in [0.05, 0.1) is 11.1 Å². The number of ketones is 1. The average Bonchev–Trinajstić information content (AvgIpc) is 3.21. The number of carbonyl (C=O) groups excluding carboxylic acids is 4. The standard InChI is InChI=1S/C27H26N2O5S/c1-15-11-12-16(2)20(13-15)24(31)17-7-3-4-8-18(17)27(33)34-14-22(30)29-26-23(25(28)32)19-9-5-6-10-21(19)35-26/h3-4,7-8,11-13H,5-6,9-10,14H2,1-2H3,(H2,28,32)(H,29,30). The van der Waals surface area contributed by atoms with E-state index in [9.17, 15) is 19.2 Å². The van der Waals surface area contributed by atoms with Crippen molar-refractivity contribution in [2.24, 2.45) is 5.73 Å². The number of hydrogen-bond acceptors (Lipinski definition) is 6. The first-order valence-electron chi connectivity index (χ1n) is 11.4. The quantitative estimate of drug-likeness (QED) is 0.377. The van der Waals surface area contributed by atoms with Gasteiger partial charge >= 0.3 is 5.97 Å². The minimum Gasteiger partial charge on any atom is -0.452 e. The normalized spacial score (nSPS) is 12.5. The third-order valence-electron chi connectivity index (χ3n) is 6.03. The number of esters is 1. The maximum absolute atomic E-state index is 13.2. The average molecular weight is 491 g/mol. The predicted molar refractivity (Wildman–Crippen MR) is 134 cm³/mol. The first-order chi connectivity index (χ1) is 16.8. The second-order valence-corrected chi connectivity index (χ2v) is 9.70. The summed E-state index contributed by atoms with van der Waals surface area (Å²) in [6, 6.07) is 11.9. The van der Waals surface area contributed by atoms with Crippen molar-refractivity contribution in [1.29, 1.82) is 0 Å². The largest absolute Gasteiger partial charge is 0.452 e. The second-order valence-electron chi connectivity index (χ2n) is 8.60. The molecule has 0 spiro atoms. The van der Waals surface area contributed by atoms with Crippen LogP contribution in [0.4, 0.5) is 5.00 Å². The van der Waals surface area contributed by atoms with Crippen LogP contribution in [0, 0.1) is 13.8 Å². The van der Waals surface area contributed by atoms with Gasteiger partial charge in [0, 0.05) is 16.0 Å². The molecule has 180 valence electrons. The zero-order chi connectivity index (χ0) is 25.1. The molecule has 0 saturated heterocycles. The number of rotatable bonds is 7. The van der Waals surface area contributed by atoms with E-state index in [0.717, 1.165) is 47.3 Å². The number of hydrogen-bond donors (Lipinski definition) is 2. The van der Waals surface area contributed by atoms with Crippen molar-refractivity contribution >= 4 is 39.9 Å². The van der Waals surface area contributed by atoms with Gasteiger partial charge in [-0.15, -0.1) is 11.3 Å². The van der Waals surface area contributed by atoms with Crippen LogP contribution in [0.2, 0.25) is 0 Å². The van der Waals surface area contributed by atoms with Crippen LogP contribution >= 0.6 is 11.3 Å². The van der Waals surface area contributed by atoms with E-state index in [1.54, 1.807) is 24.3 Å². The summed E-state index contributed by atoms with van der Waals surface area (Å²) in [5.74, 6) is -2.25. The Labute approximate surface area is 207 Å². The molecule has 0 aliphatic heterocycles. The van der Waals surface area contributed by atoms with Crippen molar-refractivity contribution in [1.82, 2.24) is 0 Å². The maximum atomic E-state index is 13.2. The minimum atomic E-state index is -0.782. The predicted octanol–water partition coefficient (Wildman–Crippen LogP) is 4.37. The summed E-state index contributed by atoms with van der Waals surface area (Å²) in [6.07, 6.45) is 3.59. The number of aryl methyl sites for hydroxylation is 3. The van der Waals surface area contributed by atoms with E-state index in [4.69, 9.17) is 10.5 Å². The first kappa shape index (κ1) is 24.3. The van der Waals surface area contributed by atoms with Gasteiger partial charge in [0.1, 0.15) is 5.00 Å². The van der Waals surface area contributed by atoms with E-state index in [1.165, 1.54) is 17.4 Å². The molecule has 1 aliphatic rings. The lowest BCUT2D eigenvalue weighted by Crippen LogP contribution is -2.23. The lowest BCUT2D eigenvalue weighted by Gasteiger charge is -2.12. The Kier molecular flexibility index (Phi) is 7.12. The molecule has 3 N–H and O–H groups in total. The summed E-state index contributed by atoms with van der Waals surface area (Å²) in [6.45, 7) is 3.16. The van der Waals surface area contributed by atoms with Crippen LogP contribution in [-0.2, 0) is 22.4 Å². The summed E-state index contributed by atoms with van der Waals surface area (Å²) in [4.78, 5) is 51.6. The number of nitrogens with two attached hydrogens (primary N) is 1. The van der Waals surface area contributed by atoms with Gasteiger partial charge in [-0.25, -0.2) is 4.79 Å². The molecule has 1 heterocycles. The van der Waals surface area contributed by atoms with Gasteiger partial charge in [-0.05, 0) is 62.8 Å². The SMILES string of the molecule is Cc1ccc(C)c(C(=O)c2ccccc2C(=O)OCC(=O)Nc2sc3c(c2C(N)=O)CCCC3)c1. The second kappa shape index (κ2) is 10.2. The fourth-order valence-corrected chi connectivity index (χ4v) is 5.58. The third kappa shape index (κ3) is 5.17. The van der Waals surface area contributed by atoms with Crippen molar-refractivity contribution < 1.29 is 23.9 Å². The third-order valence-corrected chi connectivity index (χ3v) is 7.24. The first-order valence-corrected chi connectivity index (χ1v) is 12.2. The molecule has 4 rings (SSSR count). The van der Waals surface area contributed by atoms with Crippen molar-refractivity contribution in [3.05, 3.63) is 86.3 Å². The zero-order valence-electron chi connectivity index (χ0n) is 19.6. The zero-order valence-corrected chi connectivity index (χ0v) is 20.4. The van der Waals surface area contributed by atoms with Crippen molar-refractivity contribution in [2.45, 2.75) is 39.5 Å². The fraction of sp³-hybridized carbons (Fsp3) is 0.259. The highest BCUT2D eigenvalue weighted by molar-refractivity contribution is 7.17. The summed E-state index contributed by atoms with van der Waals surface area (Å²) in [7, 11) is 0. The van der Waals surface area contributed by atoms with E-state index in [0.29, 0.717) is 16.1 Å². The van der Waals surface area contributed by atoms with E-state index >= 15 is 0 Å². The molecular formula is C27H26N2O5S. The van der Waals surface area contributed by atoms with Gasteiger partial charge in [-0.1, -0.05) is 35.9 Å². The number of fused-ring (bicyclic) bond motifs is 1. The number of benzene rings is 2. The van der Waals surface area contributed by atoms with Crippen LogP contribution in [-0.4, -0.2) is 30.2 Å². The molecular weight excluding hydrogens is 464 g/mol. The van der Waals surface area contributed by atoms with E-state index in [-0.39, 0.29) is 16.9 Å². The Bertz CT molecular complexity index is 1340. The molecule has 0 saturated carbocycles. The summed E-state index contributed by atoms with van der Waals surface area (Å²) in [5.41, 5.74) is 9.33. The number of ether oxygens (including phenoxy) is 1. The topological polar surface area (TPSA) is 116 Å². The van der Waals surface area contributed by atoms with E-state index < -0.39 is 24.4 Å². The van der Waals surface area contributed by atoms with Crippen molar-refractivity contribution in [3.8, 4) is 0 Å². The minimum absolute atomic E-state index is 0.0793. The highest BCUT2D eigenvalue weighted by Crippen LogP contribution is 2.37. The van der Waals surface area contributed by atoms with Gasteiger partial charge < -0.3 is 15.8 Å². The summed E-state index contributed by atoms with van der Waals surface area (Å²) >= 11 is 1.34. The van der Waals surface area contributed by atoms with Crippen LogP contribution < -0.4 is 11.1 Å². The van der Waals surface area contributed by atoms with Crippen molar-refractivity contribution in [2.75, 3.05) is 11.9 Å². The molecule has 0 radical (unpaired) electrons. The lowest BCUT2D eigenvalue weighted by atomic mass is 9.94. The highest BCUT2D eigenvalue weighted by atomic mass is 32.1. The maximum Gasteiger partial charge on any atom is 0.339 e. The van der Waals surface area contributed by atoms with Crippen molar-refractivity contribution in [3.63, 3.8) is 0 Å². The number of nitrogens with one attached hydrogen (secondary N) is 1. The molecule has 35 heavy (non-hydrogen) atoms. The molecule has 2 amide bonds. The monoisotopic (exact) mass is 490 g/mol. The molecule has 7 nitrogen and oxygen atoms in total. The summed E-state index contributed by atoms with van der Waals surface area (Å²) in [5, 5.41) is 3.05. The van der Waals surface area contributed by atoms with Crippen LogP contribution in [0.25, 0.3) is 0 Å². The molecule has 8 heteroatoms. The Morgan fingerprint density at radius 1 is 0.971 bits per heavy atom. The van der Waals surface area contributed by atoms with E-state index in [2.05, 4.69) is 5.32 Å². The van der Waals surface area contributed by atoms with Gasteiger partial charge in [0.15, 0.2) is 12.4 Å². The summed E-state index contributed by atoms with van der Waals surface area (Å²) < 4.78 is 5.23. The van der Waals surface area contributed by atoms with Crippen LogP contribution in [0.1, 0.15) is 71.0 Å². The van der Waals surface area contributed by atoms with Gasteiger partial charge in [0.2, 0.25) is 0 Å². The Hall–Kier alpha value is -3.78. The molecule has 0 fully saturated rings. The molecule has 3 aromatic rings. The molecule has 0 unspecified atom stereocenters. The van der Waals surface area contributed by atoms with Crippen LogP contribution in [0.5, 0.6) is 0 Å². The highest BCUT2D eigenvalue weighted by Gasteiger charge is 2.26. The molecule has 2 aromatic carbocycles. The molecule has 1 aromatic heterocycles. The number of thiophene rings is 1. The molecule has 0 bridgehead atoms. The molecule has 1 aliphatic carbocycles. The number of primary amides is 1. The van der Waals surface area contributed by atoms with Crippen LogP contribution in [0.15, 0.2) is 42.5 Å². The van der Waals surface area contributed by atoms with Crippen LogP contribution in [0.3, 0.4) is 0 Å². The van der Waals surface area contributed by atoms with Gasteiger partial charge in [-0.3, -0.25) is 14.4 Å². The Morgan fingerprint density at radius 3 is 2.43 bits per heavy atom. The van der Waals surface area contributed by atoms with E-state index in [1.807, 2.05) is 26.0 Å². The van der Waals surface area contributed by atoms with Gasteiger partial charge in [-0.2, -0.15) is 0 Å². The number of anilines is 1. The smallest absolute Gasteiger partial charge is 0.339 e.